The van der Waals surface area contributed by atoms with E-state index in [1.165, 1.54) is 23.1 Å². The minimum absolute atomic E-state index is 0.0940. The van der Waals surface area contributed by atoms with E-state index in [9.17, 15) is 14.4 Å². The number of ether oxygens (including phenoxy) is 1. The summed E-state index contributed by atoms with van der Waals surface area (Å²) in [5.41, 5.74) is 3.54. The van der Waals surface area contributed by atoms with Gasteiger partial charge >= 0.3 is 0 Å². The second kappa shape index (κ2) is 16.1. The maximum atomic E-state index is 13.8. The van der Waals surface area contributed by atoms with Crippen LogP contribution in [0, 0.1) is 0 Å². The van der Waals surface area contributed by atoms with Crippen molar-refractivity contribution < 1.29 is 19.1 Å². The molecule has 1 unspecified atom stereocenters. The van der Waals surface area contributed by atoms with Crippen molar-refractivity contribution in [3.05, 3.63) is 144 Å². The number of hydrogen-bond acceptors (Lipinski definition) is 7. The lowest BCUT2D eigenvalue weighted by atomic mass is 10.0. The standard InChI is InChI=1S/C40H34N4O4S2/c1-3-36(39(47)44-40-43-35(25-49-40)27-19-21-31(48-2)22-20-27)50-32-17-10-16-30(24-32)41-38(46)34(42-37(45)28-12-5-4-6-13-28)23-29-15-9-14-26-11-7-8-18-33(26)29/h4-25,36H,3H2,1-2H3,(H,41,46)(H,42,45)(H,43,44,47)/b34-23+. The van der Waals surface area contributed by atoms with Gasteiger partial charge in [0.25, 0.3) is 11.8 Å². The van der Waals surface area contributed by atoms with Crippen molar-refractivity contribution in [1.29, 1.82) is 0 Å². The van der Waals surface area contributed by atoms with Crippen LogP contribution in [0.25, 0.3) is 28.1 Å². The summed E-state index contributed by atoms with van der Waals surface area (Å²) in [5.74, 6) is -0.279. The van der Waals surface area contributed by atoms with Crippen molar-refractivity contribution in [1.82, 2.24) is 10.3 Å². The number of fused-ring (bicyclic) bond motifs is 1. The fraction of sp³-hybridized carbons (Fsp3) is 0.100. The van der Waals surface area contributed by atoms with Crippen LogP contribution in [0.2, 0.25) is 0 Å². The Bertz CT molecular complexity index is 2160. The number of nitrogens with one attached hydrogen (secondary N) is 3. The highest BCUT2D eigenvalue weighted by Crippen LogP contribution is 2.31. The molecule has 250 valence electrons. The van der Waals surface area contributed by atoms with Gasteiger partial charge in [-0.2, -0.15) is 0 Å². The number of hydrogen-bond donors (Lipinski definition) is 3. The quantitative estimate of drug-likeness (QED) is 0.0870. The van der Waals surface area contributed by atoms with E-state index in [0.29, 0.717) is 22.8 Å². The Morgan fingerprint density at radius 3 is 2.38 bits per heavy atom. The van der Waals surface area contributed by atoms with Gasteiger partial charge in [-0.15, -0.1) is 23.1 Å². The van der Waals surface area contributed by atoms with Crippen LogP contribution in [0.1, 0.15) is 29.3 Å². The number of thiazole rings is 1. The second-order valence-electron chi connectivity index (χ2n) is 11.2. The van der Waals surface area contributed by atoms with Gasteiger partial charge in [0.2, 0.25) is 5.91 Å². The number of aromatic nitrogens is 1. The maximum absolute atomic E-state index is 13.8. The number of benzene rings is 5. The molecular formula is C40H34N4O4S2. The first-order valence-corrected chi connectivity index (χ1v) is 17.7. The van der Waals surface area contributed by atoms with Crippen LogP contribution in [-0.2, 0) is 9.59 Å². The van der Waals surface area contributed by atoms with Gasteiger partial charge in [-0.05, 0) is 83.4 Å². The van der Waals surface area contributed by atoms with Gasteiger partial charge in [0, 0.05) is 27.1 Å². The number of nitrogens with zero attached hydrogens (tertiary/aromatic N) is 1. The van der Waals surface area contributed by atoms with Crippen molar-refractivity contribution in [2.75, 3.05) is 17.7 Å². The van der Waals surface area contributed by atoms with E-state index >= 15 is 0 Å². The molecule has 0 fully saturated rings. The third-order valence-corrected chi connectivity index (χ3v) is 9.92. The van der Waals surface area contributed by atoms with E-state index in [1.807, 2.05) is 103 Å². The first-order valence-electron chi connectivity index (χ1n) is 15.9. The Balaban J connectivity index is 1.17. The minimum atomic E-state index is -0.481. The van der Waals surface area contributed by atoms with Gasteiger partial charge in [-0.25, -0.2) is 4.98 Å². The van der Waals surface area contributed by atoms with E-state index in [2.05, 4.69) is 20.9 Å². The van der Waals surface area contributed by atoms with Crippen molar-refractivity contribution in [2.24, 2.45) is 0 Å². The van der Waals surface area contributed by atoms with Gasteiger partial charge in [0.15, 0.2) is 5.13 Å². The van der Waals surface area contributed by atoms with Crippen LogP contribution < -0.4 is 20.7 Å². The summed E-state index contributed by atoms with van der Waals surface area (Å²) in [4.78, 5) is 45.7. The zero-order valence-electron chi connectivity index (χ0n) is 27.4. The number of rotatable bonds is 12. The van der Waals surface area contributed by atoms with Gasteiger partial charge in [-0.1, -0.05) is 73.7 Å². The highest BCUT2D eigenvalue weighted by molar-refractivity contribution is 8.00. The molecule has 50 heavy (non-hydrogen) atoms. The Morgan fingerprint density at radius 2 is 1.60 bits per heavy atom. The lowest BCUT2D eigenvalue weighted by molar-refractivity contribution is -0.116. The van der Waals surface area contributed by atoms with E-state index in [0.717, 1.165) is 38.2 Å². The van der Waals surface area contributed by atoms with Crippen LogP contribution in [0.5, 0.6) is 5.75 Å². The lowest BCUT2D eigenvalue weighted by Crippen LogP contribution is -2.30. The third-order valence-electron chi connectivity index (χ3n) is 7.81. The van der Waals surface area contributed by atoms with E-state index in [1.54, 1.807) is 43.5 Å². The van der Waals surface area contributed by atoms with Crippen molar-refractivity contribution in [3.63, 3.8) is 0 Å². The number of methoxy groups -OCH3 is 1. The van der Waals surface area contributed by atoms with Gasteiger partial charge in [0.1, 0.15) is 11.4 Å². The molecule has 1 atom stereocenters. The zero-order chi connectivity index (χ0) is 34.9. The third kappa shape index (κ3) is 8.46. The van der Waals surface area contributed by atoms with Crippen LogP contribution in [0.4, 0.5) is 10.8 Å². The summed E-state index contributed by atoms with van der Waals surface area (Å²) in [6.07, 6.45) is 2.26. The second-order valence-corrected chi connectivity index (χ2v) is 13.3. The molecule has 3 N–H and O–H groups in total. The monoisotopic (exact) mass is 698 g/mol. The molecular weight excluding hydrogens is 665 g/mol. The average molecular weight is 699 g/mol. The number of carbonyl (C=O) groups excluding carboxylic acids is 3. The van der Waals surface area contributed by atoms with Gasteiger partial charge < -0.3 is 20.7 Å². The molecule has 0 radical (unpaired) electrons. The number of amides is 3. The minimum Gasteiger partial charge on any atom is -0.497 e. The summed E-state index contributed by atoms with van der Waals surface area (Å²) in [6, 6.07) is 37.3. The summed E-state index contributed by atoms with van der Waals surface area (Å²) < 4.78 is 5.24. The zero-order valence-corrected chi connectivity index (χ0v) is 29.0. The molecule has 0 aliphatic heterocycles. The van der Waals surface area contributed by atoms with E-state index in [4.69, 9.17) is 4.74 Å². The van der Waals surface area contributed by atoms with Crippen LogP contribution in [0.3, 0.4) is 0 Å². The number of anilines is 2. The molecule has 0 saturated heterocycles. The molecule has 8 nitrogen and oxygen atoms in total. The number of thioether (sulfide) groups is 1. The normalized spacial score (nSPS) is 11.8. The number of carbonyl (C=O) groups is 3. The smallest absolute Gasteiger partial charge is 0.272 e. The Labute approximate surface area is 298 Å². The average Bonchev–Trinajstić information content (AvgIpc) is 3.62. The summed E-state index contributed by atoms with van der Waals surface area (Å²) in [5, 5.41) is 12.7. The SMILES string of the molecule is CCC(Sc1cccc(NC(=O)/C(=C\c2cccc3ccccc23)NC(=O)c2ccccc2)c1)C(=O)Nc1nc(-c2ccc(OC)cc2)cs1. The highest BCUT2D eigenvalue weighted by Gasteiger charge is 2.21. The predicted octanol–water partition coefficient (Wildman–Crippen LogP) is 8.89. The molecule has 6 aromatic rings. The molecule has 10 heteroatoms. The molecule has 0 saturated carbocycles. The molecule has 3 amide bonds. The summed E-state index contributed by atoms with van der Waals surface area (Å²) in [7, 11) is 1.62. The highest BCUT2D eigenvalue weighted by atomic mass is 32.2. The summed E-state index contributed by atoms with van der Waals surface area (Å²) in [6.45, 7) is 1.95. The Morgan fingerprint density at radius 1 is 0.860 bits per heavy atom. The van der Waals surface area contributed by atoms with Crippen molar-refractivity contribution >= 4 is 68.5 Å². The van der Waals surface area contributed by atoms with E-state index in [-0.39, 0.29) is 11.6 Å². The predicted molar refractivity (Wildman–Crippen MR) is 204 cm³/mol. The largest absolute Gasteiger partial charge is 0.497 e. The summed E-state index contributed by atoms with van der Waals surface area (Å²) >= 11 is 2.77. The molecule has 0 aliphatic carbocycles. The first-order chi connectivity index (χ1) is 24.4. The first kappa shape index (κ1) is 34.2. The van der Waals surface area contributed by atoms with Crippen LogP contribution in [0.15, 0.2) is 137 Å². The fourth-order valence-corrected chi connectivity index (χ4v) is 6.95. The topological polar surface area (TPSA) is 109 Å². The van der Waals surface area contributed by atoms with Crippen LogP contribution in [-0.4, -0.2) is 35.1 Å². The maximum Gasteiger partial charge on any atom is 0.272 e. The molecule has 1 aromatic heterocycles. The Kier molecular flexibility index (Phi) is 11.0. The molecule has 6 rings (SSSR count). The molecule has 5 aromatic carbocycles. The van der Waals surface area contributed by atoms with Crippen LogP contribution >= 0.6 is 23.1 Å². The van der Waals surface area contributed by atoms with Crippen molar-refractivity contribution in [2.45, 2.75) is 23.5 Å². The van der Waals surface area contributed by atoms with Gasteiger partial charge in [0.05, 0.1) is 18.1 Å². The Hall–Kier alpha value is -5.71. The van der Waals surface area contributed by atoms with Gasteiger partial charge in [-0.3, -0.25) is 14.4 Å². The lowest BCUT2D eigenvalue weighted by Gasteiger charge is -2.15. The molecule has 1 heterocycles. The molecule has 0 bridgehead atoms. The molecule has 0 aliphatic rings. The van der Waals surface area contributed by atoms with E-state index < -0.39 is 17.1 Å². The molecule has 0 spiro atoms. The fourth-order valence-electron chi connectivity index (χ4n) is 5.22. The van der Waals surface area contributed by atoms with Crippen molar-refractivity contribution in [3.8, 4) is 17.0 Å².